The first kappa shape index (κ1) is 73.6. The highest BCUT2D eigenvalue weighted by Crippen LogP contribution is 2.18. The first-order valence-electron chi connectivity index (χ1n) is 34.0. The second-order valence-corrected chi connectivity index (χ2v) is 23.1. The fourth-order valence-electron chi connectivity index (χ4n) is 10.2. The summed E-state index contributed by atoms with van der Waals surface area (Å²) < 4.78 is 16.9. The number of carbonyl (C=O) groups is 3. The molecule has 0 spiro atoms. The Kier molecular flexibility index (Phi) is 63.1. The molecule has 0 bridgehead atoms. The molecule has 0 heterocycles. The Morgan fingerprint density at radius 1 is 0.250 bits per heavy atom. The van der Waals surface area contributed by atoms with Crippen LogP contribution in [0.2, 0.25) is 0 Å². The fourth-order valence-corrected chi connectivity index (χ4v) is 10.2. The molecular formula is C70H130O6. The van der Waals surface area contributed by atoms with Crippen LogP contribution in [0.25, 0.3) is 0 Å². The number of hydrogen-bond donors (Lipinski definition) is 0. The maximum absolute atomic E-state index is 12.9. The Balaban J connectivity index is 4.15. The Morgan fingerprint density at radius 3 is 0.711 bits per heavy atom. The van der Waals surface area contributed by atoms with E-state index in [9.17, 15) is 14.4 Å². The quantitative estimate of drug-likeness (QED) is 0.0261. The van der Waals surface area contributed by atoms with E-state index in [1.165, 1.54) is 263 Å². The molecule has 76 heavy (non-hydrogen) atoms. The van der Waals surface area contributed by atoms with Crippen molar-refractivity contribution in [2.45, 2.75) is 380 Å². The zero-order valence-electron chi connectivity index (χ0n) is 51.3. The summed E-state index contributed by atoms with van der Waals surface area (Å²) in [5.74, 6) is -0.862. The molecule has 0 aromatic heterocycles. The van der Waals surface area contributed by atoms with Gasteiger partial charge >= 0.3 is 17.9 Å². The highest BCUT2D eigenvalue weighted by molar-refractivity contribution is 5.71. The van der Waals surface area contributed by atoms with Gasteiger partial charge in [-0.05, 0) is 89.9 Å². The molecule has 446 valence electrons. The topological polar surface area (TPSA) is 78.9 Å². The Hall–Kier alpha value is -2.37. The second-order valence-electron chi connectivity index (χ2n) is 23.1. The van der Waals surface area contributed by atoms with Gasteiger partial charge in [-0.3, -0.25) is 14.4 Å². The van der Waals surface area contributed by atoms with E-state index in [0.717, 1.165) is 70.6 Å². The number of rotatable bonds is 63. The van der Waals surface area contributed by atoms with E-state index in [1.54, 1.807) is 0 Å². The lowest BCUT2D eigenvalue weighted by Gasteiger charge is -2.18. The van der Waals surface area contributed by atoms with Crippen LogP contribution in [0.15, 0.2) is 36.5 Å². The lowest BCUT2D eigenvalue weighted by Crippen LogP contribution is -2.30. The van der Waals surface area contributed by atoms with Gasteiger partial charge in [0, 0.05) is 19.3 Å². The molecule has 0 saturated heterocycles. The molecule has 0 amide bonds. The molecule has 1 unspecified atom stereocenters. The van der Waals surface area contributed by atoms with Gasteiger partial charge in [-0.25, -0.2) is 0 Å². The van der Waals surface area contributed by atoms with Crippen LogP contribution >= 0.6 is 0 Å². The summed E-state index contributed by atoms with van der Waals surface area (Å²) in [5, 5.41) is 0. The lowest BCUT2D eigenvalue weighted by molar-refractivity contribution is -0.167. The van der Waals surface area contributed by atoms with Crippen LogP contribution in [0, 0.1) is 0 Å². The molecule has 0 saturated carbocycles. The molecule has 6 nitrogen and oxygen atoms in total. The van der Waals surface area contributed by atoms with Gasteiger partial charge in [0.25, 0.3) is 0 Å². The van der Waals surface area contributed by atoms with Crippen molar-refractivity contribution in [3.05, 3.63) is 36.5 Å². The minimum Gasteiger partial charge on any atom is -0.462 e. The molecule has 0 rings (SSSR count). The first-order chi connectivity index (χ1) is 37.5. The molecule has 0 aromatic carbocycles. The SMILES string of the molecule is CCC/C=C\CCCCCCCC(=O)OCC(COC(=O)CCCCCCCCCCCCCCCCC/C=C\CCCCCCCCCC)OC(=O)CCCCCCCCCCC/C=C\CCCCCCCCCC. The highest BCUT2D eigenvalue weighted by atomic mass is 16.6. The molecule has 0 aliphatic heterocycles. The van der Waals surface area contributed by atoms with Crippen molar-refractivity contribution in [3.63, 3.8) is 0 Å². The summed E-state index contributed by atoms with van der Waals surface area (Å²) in [4.78, 5) is 38.3. The Bertz CT molecular complexity index is 1270. The molecule has 0 fully saturated rings. The van der Waals surface area contributed by atoms with Gasteiger partial charge < -0.3 is 14.2 Å². The summed E-state index contributed by atoms with van der Waals surface area (Å²) in [6.07, 6.45) is 80.4. The van der Waals surface area contributed by atoms with Crippen molar-refractivity contribution < 1.29 is 28.6 Å². The molecule has 0 aliphatic carbocycles. The van der Waals surface area contributed by atoms with Crippen LogP contribution in [0.3, 0.4) is 0 Å². The summed E-state index contributed by atoms with van der Waals surface area (Å²) in [5.41, 5.74) is 0. The number of allylic oxidation sites excluding steroid dienone is 6. The Labute approximate surface area is 474 Å². The smallest absolute Gasteiger partial charge is 0.306 e. The normalized spacial score (nSPS) is 12.2. The third-order valence-corrected chi connectivity index (χ3v) is 15.3. The van der Waals surface area contributed by atoms with E-state index in [4.69, 9.17) is 14.2 Å². The summed E-state index contributed by atoms with van der Waals surface area (Å²) >= 11 is 0. The van der Waals surface area contributed by atoms with E-state index in [-0.39, 0.29) is 31.1 Å². The minimum absolute atomic E-state index is 0.0719. The van der Waals surface area contributed by atoms with E-state index in [0.29, 0.717) is 19.3 Å². The maximum atomic E-state index is 12.9. The van der Waals surface area contributed by atoms with Crippen LogP contribution in [0.1, 0.15) is 374 Å². The molecule has 6 heteroatoms. The molecule has 0 aliphatic rings. The third kappa shape index (κ3) is 62.5. The van der Waals surface area contributed by atoms with Gasteiger partial charge in [0.1, 0.15) is 13.2 Å². The zero-order chi connectivity index (χ0) is 55.0. The van der Waals surface area contributed by atoms with Crippen molar-refractivity contribution in [3.8, 4) is 0 Å². The number of hydrogen-bond acceptors (Lipinski definition) is 6. The Morgan fingerprint density at radius 2 is 0.461 bits per heavy atom. The lowest BCUT2D eigenvalue weighted by atomic mass is 10.0. The van der Waals surface area contributed by atoms with Crippen LogP contribution in [0.4, 0.5) is 0 Å². The van der Waals surface area contributed by atoms with Gasteiger partial charge in [-0.1, -0.05) is 301 Å². The highest BCUT2D eigenvalue weighted by Gasteiger charge is 2.19. The molecule has 1 atom stereocenters. The maximum Gasteiger partial charge on any atom is 0.306 e. The summed E-state index contributed by atoms with van der Waals surface area (Å²) in [6, 6.07) is 0. The average molecular weight is 1070 g/mol. The zero-order valence-corrected chi connectivity index (χ0v) is 51.3. The van der Waals surface area contributed by atoms with E-state index >= 15 is 0 Å². The number of esters is 3. The first-order valence-corrected chi connectivity index (χ1v) is 34.0. The third-order valence-electron chi connectivity index (χ3n) is 15.3. The van der Waals surface area contributed by atoms with Gasteiger partial charge in [0.15, 0.2) is 6.10 Å². The van der Waals surface area contributed by atoms with Crippen LogP contribution in [0.5, 0.6) is 0 Å². The van der Waals surface area contributed by atoms with Gasteiger partial charge in [0.05, 0.1) is 0 Å². The van der Waals surface area contributed by atoms with Crippen molar-refractivity contribution >= 4 is 17.9 Å². The van der Waals surface area contributed by atoms with Gasteiger partial charge in [0.2, 0.25) is 0 Å². The van der Waals surface area contributed by atoms with Crippen molar-refractivity contribution in [1.82, 2.24) is 0 Å². The van der Waals surface area contributed by atoms with Gasteiger partial charge in [-0.15, -0.1) is 0 Å². The standard InChI is InChI=1S/C70H130O6/c1-4-7-10-13-16-19-22-24-26-28-30-32-33-34-35-36-37-39-40-42-44-46-48-51-54-57-60-63-69(72)75-66-67(65-74-68(71)62-59-56-53-50-21-18-15-12-9-6-3)76-70(73)64-61-58-55-52-49-47-45-43-41-38-31-29-27-25-23-20-17-14-11-8-5-2/h12,15,28-31,67H,4-11,13-14,16-27,32-66H2,1-3H3/b15-12-,30-28-,31-29-. The van der Waals surface area contributed by atoms with Crippen molar-refractivity contribution in [2.24, 2.45) is 0 Å². The second kappa shape index (κ2) is 65.2. The largest absolute Gasteiger partial charge is 0.462 e. The fraction of sp³-hybridized carbons (Fsp3) is 0.871. The summed E-state index contributed by atoms with van der Waals surface area (Å²) in [6.45, 7) is 6.63. The molecule has 0 N–H and O–H groups in total. The number of ether oxygens (including phenoxy) is 3. The number of unbranched alkanes of at least 4 members (excludes halogenated alkanes) is 46. The van der Waals surface area contributed by atoms with E-state index in [1.807, 2.05) is 0 Å². The van der Waals surface area contributed by atoms with Crippen molar-refractivity contribution in [2.75, 3.05) is 13.2 Å². The van der Waals surface area contributed by atoms with Crippen LogP contribution < -0.4 is 0 Å². The average Bonchev–Trinajstić information content (AvgIpc) is 3.42. The molecular weight excluding hydrogens is 937 g/mol. The minimum atomic E-state index is -0.775. The van der Waals surface area contributed by atoms with Crippen molar-refractivity contribution in [1.29, 1.82) is 0 Å². The summed E-state index contributed by atoms with van der Waals surface area (Å²) in [7, 11) is 0. The molecule has 0 aromatic rings. The monoisotopic (exact) mass is 1070 g/mol. The van der Waals surface area contributed by atoms with Gasteiger partial charge in [-0.2, -0.15) is 0 Å². The van der Waals surface area contributed by atoms with E-state index < -0.39 is 6.10 Å². The molecule has 0 radical (unpaired) electrons. The van der Waals surface area contributed by atoms with E-state index in [2.05, 4.69) is 57.2 Å². The van der Waals surface area contributed by atoms with Crippen LogP contribution in [-0.4, -0.2) is 37.2 Å². The number of carbonyl (C=O) groups excluding carboxylic acids is 3. The predicted molar refractivity (Wildman–Crippen MR) is 330 cm³/mol. The van der Waals surface area contributed by atoms with Crippen LogP contribution in [-0.2, 0) is 28.6 Å². The predicted octanol–water partition coefficient (Wildman–Crippen LogP) is 23.2.